The van der Waals surface area contributed by atoms with E-state index in [1.807, 2.05) is 0 Å². The normalized spacial score (nSPS) is 20.4. The number of nitrogens with zero attached hydrogens (tertiary/aromatic N) is 1. The Morgan fingerprint density at radius 3 is 2.62 bits per heavy atom. The summed E-state index contributed by atoms with van der Waals surface area (Å²) in [6.07, 6.45) is 3.36. The van der Waals surface area contributed by atoms with Gasteiger partial charge in [-0.15, -0.1) is 0 Å². The molecule has 0 aliphatic carbocycles. The van der Waals surface area contributed by atoms with Crippen molar-refractivity contribution in [3.8, 4) is 5.75 Å². The van der Waals surface area contributed by atoms with Crippen molar-refractivity contribution in [2.75, 3.05) is 6.54 Å². The zero-order chi connectivity index (χ0) is 11.4. The summed E-state index contributed by atoms with van der Waals surface area (Å²) in [7, 11) is 0. The van der Waals surface area contributed by atoms with Crippen molar-refractivity contribution in [3.05, 3.63) is 34.4 Å². The standard InChI is InChI=1S/C11H14N2O3/c14-13(15)9-4-6-10(7-5-9)16-11-3-1-2-8-12-11/h4-7,11-12H,1-3,8H2. The van der Waals surface area contributed by atoms with Crippen LogP contribution in [0.1, 0.15) is 19.3 Å². The van der Waals surface area contributed by atoms with E-state index in [1.54, 1.807) is 12.1 Å². The number of rotatable bonds is 3. The third-order valence-corrected chi connectivity index (χ3v) is 2.59. The molecule has 0 aromatic heterocycles. The predicted octanol–water partition coefficient (Wildman–Crippen LogP) is 2.07. The lowest BCUT2D eigenvalue weighted by Gasteiger charge is -2.24. The van der Waals surface area contributed by atoms with Crippen molar-refractivity contribution in [2.24, 2.45) is 0 Å². The minimum atomic E-state index is -0.414. The summed E-state index contributed by atoms with van der Waals surface area (Å²) in [5.74, 6) is 0.671. The van der Waals surface area contributed by atoms with Gasteiger partial charge in [0.1, 0.15) is 12.0 Å². The highest BCUT2D eigenvalue weighted by molar-refractivity contribution is 5.36. The van der Waals surface area contributed by atoms with Crippen LogP contribution in [0, 0.1) is 10.1 Å². The number of nitro benzene ring substituents is 1. The highest BCUT2D eigenvalue weighted by Gasteiger charge is 2.14. The van der Waals surface area contributed by atoms with Gasteiger partial charge < -0.3 is 4.74 Å². The zero-order valence-electron chi connectivity index (χ0n) is 8.89. The third kappa shape index (κ3) is 2.70. The molecule has 0 saturated carbocycles. The first-order chi connectivity index (χ1) is 7.75. The number of nitro groups is 1. The van der Waals surface area contributed by atoms with E-state index in [9.17, 15) is 10.1 Å². The van der Waals surface area contributed by atoms with Crippen LogP contribution >= 0.6 is 0 Å². The van der Waals surface area contributed by atoms with Gasteiger partial charge in [0, 0.05) is 12.1 Å². The molecule has 5 heteroatoms. The van der Waals surface area contributed by atoms with E-state index in [0.29, 0.717) is 5.75 Å². The summed E-state index contributed by atoms with van der Waals surface area (Å²) in [6, 6.07) is 6.18. The molecule has 1 aromatic rings. The molecule has 0 spiro atoms. The fraction of sp³-hybridized carbons (Fsp3) is 0.455. The number of hydrogen-bond donors (Lipinski definition) is 1. The molecule has 1 saturated heterocycles. The molecular weight excluding hydrogens is 208 g/mol. The molecule has 1 heterocycles. The van der Waals surface area contributed by atoms with Gasteiger partial charge >= 0.3 is 0 Å². The maximum absolute atomic E-state index is 10.5. The Balaban J connectivity index is 1.96. The molecule has 16 heavy (non-hydrogen) atoms. The molecule has 1 aliphatic rings. The van der Waals surface area contributed by atoms with E-state index >= 15 is 0 Å². The van der Waals surface area contributed by atoms with Gasteiger partial charge in [-0.3, -0.25) is 15.4 Å². The number of piperidine rings is 1. The minimum absolute atomic E-state index is 0.0372. The van der Waals surface area contributed by atoms with Gasteiger partial charge in [-0.05, 0) is 37.9 Å². The largest absolute Gasteiger partial charge is 0.475 e. The topological polar surface area (TPSA) is 64.4 Å². The summed E-state index contributed by atoms with van der Waals surface area (Å²) in [5, 5.41) is 13.7. The van der Waals surface area contributed by atoms with Gasteiger partial charge in [0.05, 0.1) is 4.92 Å². The fourth-order valence-corrected chi connectivity index (χ4v) is 1.73. The summed E-state index contributed by atoms with van der Waals surface area (Å²) < 4.78 is 5.66. The van der Waals surface area contributed by atoms with Gasteiger partial charge in [0.15, 0.2) is 0 Å². The van der Waals surface area contributed by atoms with Gasteiger partial charge in [0.25, 0.3) is 5.69 Å². The van der Waals surface area contributed by atoms with Crippen molar-refractivity contribution in [2.45, 2.75) is 25.5 Å². The van der Waals surface area contributed by atoms with Gasteiger partial charge in [-0.1, -0.05) is 0 Å². The Hall–Kier alpha value is -1.62. The number of benzene rings is 1. The highest BCUT2D eigenvalue weighted by atomic mass is 16.6. The highest BCUT2D eigenvalue weighted by Crippen LogP contribution is 2.19. The van der Waals surface area contributed by atoms with Crippen LogP contribution in [0.2, 0.25) is 0 Å². The summed E-state index contributed by atoms with van der Waals surface area (Å²) in [6.45, 7) is 0.970. The van der Waals surface area contributed by atoms with E-state index in [-0.39, 0.29) is 11.9 Å². The third-order valence-electron chi connectivity index (χ3n) is 2.59. The maximum Gasteiger partial charge on any atom is 0.269 e. The van der Waals surface area contributed by atoms with E-state index in [1.165, 1.54) is 18.6 Å². The molecule has 1 aromatic carbocycles. The number of hydrogen-bond acceptors (Lipinski definition) is 4. The molecule has 0 bridgehead atoms. The second-order valence-corrected chi connectivity index (χ2v) is 3.81. The molecular formula is C11H14N2O3. The second-order valence-electron chi connectivity index (χ2n) is 3.81. The van der Waals surface area contributed by atoms with Crippen LogP contribution in [0.15, 0.2) is 24.3 Å². The molecule has 1 fully saturated rings. The lowest BCUT2D eigenvalue weighted by Crippen LogP contribution is -2.38. The van der Waals surface area contributed by atoms with Crippen molar-refractivity contribution in [1.29, 1.82) is 0 Å². The molecule has 1 atom stereocenters. The molecule has 86 valence electrons. The Morgan fingerprint density at radius 1 is 1.31 bits per heavy atom. The van der Waals surface area contributed by atoms with E-state index in [0.717, 1.165) is 19.4 Å². The molecule has 2 rings (SSSR count). The Bertz CT molecular complexity index is 358. The SMILES string of the molecule is O=[N+]([O-])c1ccc(OC2CCCCN2)cc1. The Morgan fingerprint density at radius 2 is 2.06 bits per heavy atom. The first-order valence-corrected chi connectivity index (χ1v) is 5.40. The summed E-state index contributed by atoms with van der Waals surface area (Å²) >= 11 is 0. The smallest absolute Gasteiger partial charge is 0.269 e. The molecule has 1 aliphatic heterocycles. The van der Waals surface area contributed by atoms with Crippen LogP contribution in [-0.4, -0.2) is 17.7 Å². The quantitative estimate of drug-likeness (QED) is 0.628. The van der Waals surface area contributed by atoms with Crippen molar-refractivity contribution in [1.82, 2.24) is 5.32 Å². The monoisotopic (exact) mass is 222 g/mol. The van der Waals surface area contributed by atoms with Crippen LogP contribution in [0.3, 0.4) is 0 Å². The van der Waals surface area contributed by atoms with Crippen LogP contribution < -0.4 is 10.1 Å². The number of non-ortho nitro benzene ring substituents is 1. The average molecular weight is 222 g/mol. The van der Waals surface area contributed by atoms with Crippen LogP contribution in [0.4, 0.5) is 5.69 Å². The van der Waals surface area contributed by atoms with E-state index < -0.39 is 4.92 Å². The predicted molar refractivity (Wildman–Crippen MR) is 59.4 cm³/mol. The number of nitrogens with one attached hydrogen (secondary N) is 1. The van der Waals surface area contributed by atoms with Gasteiger partial charge in [-0.25, -0.2) is 0 Å². The lowest BCUT2D eigenvalue weighted by atomic mass is 10.1. The Kier molecular flexibility index (Phi) is 3.36. The molecule has 5 nitrogen and oxygen atoms in total. The zero-order valence-corrected chi connectivity index (χ0v) is 8.89. The lowest BCUT2D eigenvalue weighted by molar-refractivity contribution is -0.384. The van der Waals surface area contributed by atoms with Crippen molar-refractivity contribution in [3.63, 3.8) is 0 Å². The van der Waals surface area contributed by atoms with E-state index in [2.05, 4.69) is 5.32 Å². The summed E-state index contributed by atoms with van der Waals surface area (Å²) in [4.78, 5) is 10.0. The van der Waals surface area contributed by atoms with Gasteiger partial charge in [0.2, 0.25) is 0 Å². The minimum Gasteiger partial charge on any atom is -0.475 e. The van der Waals surface area contributed by atoms with Gasteiger partial charge in [-0.2, -0.15) is 0 Å². The van der Waals surface area contributed by atoms with Crippen LogP contribution in [-0.2, 0) is 0 Å². The molecule has 0 amide bonds. The first-order valence-electron chi connectivity index (χ1n) is 5.40. The fourth-order valence-electron chi connectivity index (χ4n) is 1.73. The summed E-state index contributed by atoms with van der Waals surface area (Å²) in [5.41, 5.74) is 0.0870. The van der Waals surface area contributed by atoms with Crippen LogP contribution in [0.5, 0.6) is 5.75 Å². The molecule has 1 N–H and O–H groups in total. The molecule has 0 radical (unpaired) electrons. The first kappa shape index (κ1) is 10.9. The molecule has 1 unspecified atom stereocenters. The second kappa shape index (κ2) is 4.94. The maximum atomic E-state index is 10.5. The van der Waals surface area contributed by atoms with Crippen LogP contribution in [0.25, 0.3) is 0 Å². The average Bonchev–Trinajstić information content (AvgIpc) is 2.31. The van der Waals surface area contributed by atoms with Crippen molar-refractivity contribution < 1.29 is 9.66 Å². The number of ether oxygens (including phenoxy) is 1. The van der Waals surface area contributed by atoms with E-state index in [4.69, 9.17) is 4.74 Å². The van der Waals surface area contributed by atoms with Crippen molar-refractivity contribution >= 4 is 5.69 Å². The Labute approximate surface area is 93.6 Å².